The van der Waals surface area contributed by atoms with E-state index in [1.807, 2.05) is 30.3 Å². The molecule has 0 spiro atoms. The Kier molecular flexibility index (Phi) is 2.73. The molecule has 0 unspecified atom stereocenters. The molecule has 2 rings (SSSR count). The molecule has 76 valence electrons. The maximum Gasteiger partial charge on any atom is 0.293 e. The molecule has 0 atom stereocenters. The van der Waals surface area contributed by atoms with Crippen molar-refractivity contribution >= 4 is 16.8 Å². The molecule has 0 radical (unpaired) electrons. The number of carbonyl (C=O) groups is 1. The van der Waals surface area contributed by atoms with Gasteiger partial charge in [-0.25, -0.2) is 0 Å². The van der Waals surface area contributed by atoms with Crippen LogP contribution in [0.1, 0.15) is 16.2 Å². The SMILES string of the molecule is O=C(Cl)c1nnn(Cc2ccccc2)n1. The Morgan fingerprint density at radius 1 is 1.33 bits per heavy atom. The van der Waals surface area contributed by atoms with Gasteiger partial charge in [0.2, 0.25) is 0 Å². The maximum atomic E-state index is 10.7. The van der Waals surface area contributed by atoms with E-state index in [1.54, 1.807) is 0 Å². The van der Waals surface area contributed by atoms with Crippen LogP contribution in [0.15, 0.2) is 30.3 Å². The number of nitrogens with zero attached hydrogens (tertiary/aromatic N) is 4. The van der Waals surface area contributed by atoms with Crippen LogP contribution < -0.4 is 0 Å². The smallest absolute Gasteiger partial charge is 0.272 e. The largest absolute Gasteiger partial charge is 0.293 e. The molecular formula is C9H7ClN4O. The lowest BCUT2D eigenvalue weighted by Crippen LogP contribution is -2.04. The fourth-order valence-corrected chi connectivity index (χ4v) is 1.21. The second-order valence-corrected chi connectivity index (χ2v) is 3.25. The minimum absolute atomic E-state index is 0.0763. The van der Waals surface area contributed by atoms with Gasteiger partial charge in [-0.15, -0.1) is 10.2 Å². The second kappa shape index (κ2) is 4.18. The van der Waals surface area contributed by atoms with Crippen molar-refractivity contribution in [2.45, 2.75) is 6.54 Å². The van der Waals surface area contributed by atoms with Crippen molar-refractivity contribution in [1.29, 1.82) is 0 Å². The molecule has 15 heavy (non-hydrogen) atoms. The summed E-state index contributed by atoms with van der Waals surface area (Å²) in [4.78, 5) is 12.0. The minimum atomic E-state index is -0.700. The third kappa shape index (κ3) is 2.38. The molecule has 2 aromatic rings. The summed E-state index contributed by atoms with van der Waals surface area (Å²) in [6.07, 6.45) is 0. The van der Waals surface area contributed by atoms with Gasteiger partial charge in [-0.1, -0.05) is 30.3 Å². The molecule has 5 nitrogen and oxygen atoms in total. The first-order valence-electron chi connectivity index (χ1n) is 4.27. The predicted octanol–water partition coefficient (Wildman–Crippen LogP) is 1.10. The highest BCUT2D eigenvalue weighted by atomic mass is 35.5. The summed E-state index contributed by atoms with van der Waals surface area (Å²) in [5.41, 5.74) is 1.03. The molecular weight excluding hydrogens is 216 g/mol. The van der Waals surface area contributed by atoms with E-state index in [0.29, 0.717) is 6.54 Å². The van der Waals surface area contributed by atoms with Crippen molar-refractivity contribution in [3.05, 3.63) is 41.7 Å². The van der Waals surface area contributed by atoms with Gasteiger partial charge < -0.3 is 0 Å². The molecule has 0 aliphatic heterocycles. The second-order valence-electron chi connectivity index (χ2n) is 2.90. The third-order valence-electron chi connectivity index (χ3n) is 1.80. The lowest BCUT2D eigenvalue weighted by Gasteiger charge is -1.97. The highest BCUT2D eigenvalue weighted by Crippen LogP contribution is 2.00. The fraction of sp³-hybridized carbons (Fsp3) is 0.111. The number of benzene rings is 1. The summed E-state index contributed by atoms with van der Waals surface area (Å²) < 4.78 is 0. The molecule has 6 heteroatoms. The molecule has 0 aliphatic rings. The molecule has 0 bridgehead atoms. The number of carbonyl (C=O) groups excluding carboxylic acids is 1. The topological polar surface area (TPSA) is 60.7 Å². The average molecular weight is 223 g/mol. The predicted molar refractivity (Wildman–Crippen MR) is 53.5 cm³/mol. The van der Waals surface area contributed by atoms with Crippen LogP contribution in [-0.4, -0.2) is 25.4 Å². The number of hydrogen-bond donors (Lipinski definition) is 0. The highest BCUT2D eigenvalue weighted by Gasteiger charge is 2.09. The van der Waals surface area contributed by atoms with E-state index in [1.165, 1.54) is 4.80 Å². The van der Waals surface area contributed by atoms with Crippen molar-refractivity contribution in [1.82, 2.24) is 20.2 Å². The summed E-state index contributed by atoms with van der Waals surface area (Å²) in [5, 5.41) is 10.3. The lowest BCUT2D eigenvalue weighted by molar-refractivity contribution is 0.107. The molecule has 0 fully saturated rings. The quantitative estimate of drug-likeness (QED) is 0.730. The normalized spacial score (nSPS) is 10.2. The van der Waals surface area contributed by atoms with Gasteiger partial charge in [-0.05, 0) is 22.4 Å². The molecule has 1 aromatic heterocycles. The minimum Gasteiger partial charge on any atom is -0.272 e. The van der Waals surface area contributed by atoms with Crippen molar-refractivity contribution < 1.29 is 4.79 Å². The van der Waals surface area contributed by atoms with Crippen LogP contribution in [0.25, 0.3) is 0 Å². The van der Waals surface area contributed by atoms with Crippen LogP contribution in [0.3, 0.4) is 0 Å². The molecule has 0 saturated carbocycles. The van der Waals surface area contributed by atoms with Crippen molar-refractivity contribution in [2.24, 2.45) is 0 Å². The number of tetrazole rings is 1. The van der Waals surface area contributed by atoms with Crippen molar-refractivity contribution in [2.75, 3.05) is 0 Å². The zero-order valence-electron chi connectivity index (χ0n) is 7.67. The van der Waals surface area contributed by atoms with Gasteiger partial charge in [-0.2, -0.15) is 4.80 Å². The zero-order valence-corrected chi connectivity index (χ0v) is 8.42. The molecule has 0 aliphatic carbocycles. The van der Waals surface area contributed by atoms with Crippen LogP contribution in [0, 0.1) is 0 Å². The Hall–Kier alpha value is -1.75. The summed E-state index contributed by atoms with van der Waals surface area (Å²) >= 11 is 5.20. The standard InChI is InChI=1S/C9H7ClN4O/c10-8(15)9-11-13-14(12-9)6-7-4-2-1-3-5-7/h1-5H,6H2. The highest BCUT2D eigenvalue weighted by molar-refractivity contribution is 6.67. The van der Waals surface area contributed by atoms with Crippen LogP contribution in [0.2, 0.25) is 0 Å². The van der Waals surface area contributed by atoms with E-state index in [2.05, 4.69) is 15.4 Å². The maximum absolute atomic E-state index is 10.7. The van der Waals surface area contributed by atoms with E-state index in [9.17, 15) is 4.79 Å². The Morgan fingerprint density at radius 3 is 2.67 bits per heavy atom. The number of hydrogen-bond acceptors (Lipinski definition) is 4. The summed E-state index contributed by atoms with van der Waals surface area (Å²) in [5.74, 6) is -0.0763. The van der Waals surface area contributed by atoms with Gasteiger partial charge in [0.15, 0.2) is 0 Å². The van der Waals surface area contributed by atoms with E-state index in [-0.39, 0.29) is 5.82 Å². The first-order valence-corrected chi connectivity index (χ1v) is 4.65. The summed E-state index contributed by atoms with van der Waals surface area (Å²) in [6.45, 7) is 0.470. The van der Waals surface area contributed by atoms with E-state index < -0.39 is 5.24 Å². The van der Waals surface area contributed by atoms with Crippen LogP contribution in [0.5, 0.6) is 0 Å². The summed E-state index contributed by atoms with van der Waals surface area (Å²) in [7, 11) is 0. The van der Waals surface area contributed by atoms with Gasteiger partial charge in [0.05, 0.1) is 6.54 Å². The lowest BCUT2D eigenvalue weighted by atomic mass is 10.2. The molecule has 0 saturated heterocycles. The van der Waals surface area contributed by atoms with Crippen molar-refractivity contribution in [3.63, 3.8) is 0 Å². The Balaban J connectivity index is 2.15. The van der Waals surface area contributed by atoms with E-state index in [0.717, 1.165) is 5.56 Å². The molecule has 0 N–H and O–H groups in total. The fourth-order valence-electron chi connectivity index (χ4n) is 1.14. The molecule has 0 amide bonds. The number of aromatic nitrogens is 4. The Bertz CT molecular complexity index is 468. The zero-order chi connectivity index (χ0) is 10.7. The molecule has 1 aromatic carbocycles. The van der Waals surface area contributed by atoms with Gasteiger partial charge in [0, 0.05) is 0 Å². The number of halogens is 1. The van der Waals surface area contributed by atoms with Gasteiger partial charge >= 0.3 is 0 Å². The Labute approximate surface area is 90.7 Å². The number of rotatable bonds is 3. The van der Waals surface area contributed by atoms with E-state index >= 15 is 0 Å². The third-order valence-corrected chi connectivity index (χ3v) is 1.96. The monoisotopic (exact) mass is 222 g/mol. The van der Waals surface area contributed by atoms with Crippen LogP contribution in [0.4, 0.5) is 0 Å². The van der Waals surface area contributed by atoms with Gasteiger partial charge in [-0.3, -0.25) is 4.79 Å². The first kappa shape index (κ1) is 9.79. The first-order chi connectivity index (χ1) is 7.25. The van der Waals surface area contributed by atoms with Crippen LogP contribution in [-0.2, 0) is 6.54 Å². The van der Waals surface area contributed by atoms with Gasteiger partial charge in [0.25, 0.3) is 11.1 Å². The summed E-state index contributed by atoms with van der Waals surface area (Å²) in [6, 6.07) is 9.63. The Morgan fingerprint density at radius 2 is 2.07 bits per heavy atom. The van der Waals surface area contributed by atoms with Gasteiger partial charge in [0.1, 0.15) is 0 Å². The molecule has 1 heterocycles. The average Bonchev–Trinajstić information content (AvgIpc) is 2.68. The van der Waals surface area contributed by atoms with Crippen molar-refractivity contribution in [3.8, 4) is 0 Å². The van der Waals surface area contributed by atoms with Crippen LogP contribution >= 0.6 is 11.6 Å². The van der Waals surface area contributed by atoms with E-state index in [4.69, 9.17) is 11.6 Å².